The first-order valence-electron chi connectivity index (χ1n) is 10.5. The number of hydrogen-bond acceptors (Lipinski definition) is 12. The van der Waals surface area contributed by atoms with Crippen LogP contribution in [0.3, 0.4) is 0 Å². The lowest BCUT2D eigenvalue weighted by Crippen LogP contribution is -2.08. The fourth-order valence-electron chi connectivity index (χ4n) is 3.75. The maximum absolute atomic E-state index is 11.9. The van der Waals surface area contributed by atoms with E-state index in [2.05, 4.69) is 0 Å². The molecule has 0 radical (unpaired) electrons. The van der Waals surface area contributed by atoms with Gasteiger partial charge in [-0.1, -0.05) is 21.6 Å². The highest BCUT2D eigenvalue weighted by Crippen LogP contribution is 2.45. The molecule has 16 nitrogen and oxygen atoms in total. The average Bonchev–Trinajstić information content (AvgIpc) is 3.40. The van der Waals surface area contributed by atoms with E-state index in [1.807, 2.05) is 0 Å². The van der Waals surface area contributed by atoms with Gasteiger partial charge < -0.3 is 30.6 Å². The van der Waals surface area contributed by atoms with E-state index in [9.17, 15) is 60.5 Å². The largest absolute Gasteiger partial charge is 0.494 e. The number of nitrogens with zero attached hydrogens (tertiary/aromatic N) is 4. The van der Waals surface area contributed by atoms with Crippen LogP contribution in [0.5, 0.6) is 23.5 Å². The van der Waals surface area contributed by atoms with E-state index >= 15 is 0 Å². The molecule has 2 aromatic carbocycles. The van der Waals surface area contributed by atoms with Crippen LogP contribution in [0.4, 0.5) is 11.4 Å². The zero-order valence-corrected chi connectivity index (χ0v) is 21.0. The summed E-state index contributed by atoms with van der Waals surface area (Å²) in [5.41, 5.74) is -4.45. The Morgan fingerprint density at radius 3 is 1.18 bits per heavy atom. The number of carbonyl (C=O) groups is 2. The number of nitro groups is 2. The highest BCUT2D eigenvalue weighted by atomic mass is 33.1. The van der Waals surface area contributed by atoms with Crippen LogP contribution in [0, 0.1) is 20.2 Å². The van der Waals surface area contributed by atoms with Crippen LogP contribution in [0.2, 0.25) is 0 Å². The van der Waals surface area contributed by atoms with Crippen LogP contribution in [-0.2, 0) is 0 Å². The van der Waals surface area contributed by atoms with Crippen LogP contribution in [0.15, 0.2) is 58.3 Å². The van der Waals surface area contributed by atoms with Crippen LogP contribution in [0.25, 0.3) is 11.4 Å². The molecule has 0 fully saturated rings. The summed E-state index contributed by atoms with van der Waals surface area (Å²) in [4.78, 5) is 45.3. The summed E-state index contributed by atoms with van der Waals surface area (Å²) in [7, 11) is 1.51. The van der Waals surface area contributed by atoms with E-state index in [4.69, 9.17) is 0 Å². The van der Waals surface area contributed by atoms with Crippen molar-refractivity contribution in [3.8, 4) is 34.9 Å². The molecule has 206 valence electrons. The first kappa shape index (κ1) is 27.7. The summed E-state index contributed by atoms with van der Waals surface area (Å²) >= 11 is 0. The van der Waals surface area contributed by atoms with E-state index in [0.29, 0.717) is 9.13 Å². The van der Waals surface area contributed by atoms with Crippen LogP contribution in [0.1, 0.15) is 20.7 Å². The van der Waals surface area contributed by atoms with Gasteiger partial charge in [-0.05, 0) is 24.3 Å². The summed E-state index contributed by atoms with van der Waals surface area (Å²) in [5.74, 6) is -5.94. The molecule has 0 atom stereocenters. The van der Waals surface area contributed by atoms with E-state index < -0.39 is 79.2 Å². The Balaban J connectivity index is 1.86. The van der Waals surface area contributed by atoms with Crippen molar-refractivity contribution in [3.05, 3.63) is 79.9 Å². The Bertz CT molecular complexity index is 1560. The summed E-state index contributed by atoms with van der Waals surface area (Å²) in [5, 5.41) is 83.2. The number of benzene rings is 2. The minimum atomic E-state index is -1.70. The molecule has 0 aliphatic rings. The lowest BCUT2D eigenvalue weighted by molar-refractivity contribution is -0.385. The van der Waals surface area contributed by atoms with Crippen molar-refractivity contribution in [1.29, 1.82) is 0 Å². The first-order chi connectivity index (χ1) is 18.8. The van der Waals surface area contributed by atoms with Crippen molar-refractivity contribution in [2.45, 2.75) is 9.79 Å². The summed E-state index contributed by atoms with van der Waals surface area (Å²) in [6, 6.07) is 8.14. The van der Waals surface area contributed by atoms with Crippen molar-refractivity contribution in [3.63, 3.8) is 0 Å². The Hall–Kier alpha value is -5.36. The van der Waals surface area contributed by atoms with Gasteiger partial charge in [-0.3, -0.25) is 20.2 Å². The highest BCUT2D eigenvalue weighted by Gasteiger charge is 2.31. The molecular weight excluding hydrogens is 576 g/mol. The number of aromatic carboxylic acids is 2. The Morgan fingerprint density at radius 1 is 0.625 bits per heavy atom. The molecular formula is C22H14N4O12S2. The van der Waals surface area contributed by atoms with Gasteiger partial charge in [0.05, 0.1) is 9.85 Å². The number of nitro benzene ring substituents is 2. The molecule has 0 unspecified atom stereocenters. The third-order valence-corrected chi connectivity index (χ3v) is 7.69. The monoisotopic (exact) mass is 590 g/mol. The lowest BCUT2D eigenvalue weighted by Gasteiger charge is -2.13. The molecule has 4 aromatic rings. The van der Waals surface area contributed by atoms with Gasteiger partial charge in [0.25, 0.3) is 0 Å². The molecule has 0 amide bonds. The molecule has 0 aliphatic heterocycles. The fourth-order valence-corrected chi connectivity index (χ4v) is 5.75. The van der Waals surface area contributed by atoms with E-state index in [-0.39, 0.29) is 9.79 Å². The van der Waals surface area contributed by atoms with Gasteiger partial charge in [-0.2, -0.15) is 0 Å². The molecule has 0 spiro atoms. The first-order valence-corrected chi connectivity index (χ1v) is 12.6. The Kier molecular flexibility index (Phi) is 7.21. The van der Waals surface area contributed by atoms with Crippen molar-refractivity contribution in [2.75, 3.05) is 0 Å². The highest BCUT2D eigenvalue weighted by molar-refractivity contribution is 8.76. The number of hydrogen-bond donors (Lipinski definition) is 6. The zero-order valence-electron chi connectivity index (χ0n) is 19.4. The van der Waals surface area contributed by atoms with E-state index in [1.165, 1.54) is 0 Å². The molecule has 0 saturated carbocycles. The number of carboxylic acid groups (broad SMARTS) is 2. The second kappa shape index (κ2) is 10.4. The second-order valence-electron chi connectivity index (χ2n) is 7.74. The Morgan fingerprint density at radius 2 is 0.925 bits per heavy atom. The minimum absolute atomic E-state index is 0.0268. The molecule has 18 heteroatoms. The number of aromatic hydroxyl groups is 4. The maximum Gasteiger partial charge on any atom is 0.342 e. The fraction of sp³-hybridized carbons (Fsp3) is 0. The number of aromatic nitrogens is 2. The topological polar surface area (TPSA) is 252 Å². The van der Waals surface area contributed by atoms with Gasteiger partial charge in [-0.15, -0.1) is 0 Å². The van der Waals surface area contributed by atoms with Crippen molar-refractivity contribution in [2.24, 2.45) is 0 Å². The van der Waals surface area contributed by atoms with E-state index in [0.717, 1.165) is 70.1 Å². The third kappa shape index (κ3) is 4.90. The SMILES string of the molecule is O=C(O)c1cc(SSc2cc(C(=O)O)c([N+](=O)[O-])c(-n3c(O)ccc3O)c2)cc(-n2c(O)ccc2O)c1[N+](=O)[O-]. The van der Waals surface area contributed by atoms with Crippen molar-refractivity contribution in [1.82, 2.24) is 9.13 Å². The molecule has 6 N–H and O–H groups in total. The van der Waals surface area contributed by atoms with Gasteiger partial charge in [0.15, 0.2) is 23.5 Å². The standard InChI is InChI=1S/C22H14N4O12S2/c27-15-1-2-16(28)23(15)13-7-9(5-11(21(31)32)19(13)25(35)36)39-40-10-6-12(22(33)34)20(26(37)38)14(8-10)24-17(29)3-4-18(24)30/h1-8,27-30H,(H,31,32)(H,33,34). The summed E-state index contributed by atoms with van der Waals surface area (Å²) in [6.45, 7) is 0. The van der Waals surface area contributed by atoms with Crippen molar-refractivity contribution < 1.29 is 50.1 Å². The van der Waals surface area contributed by atoms with Crippen LogP contribution < -0.4 is 0 Å². The Labute approximate surface area is 228 Å². The normalized spacial score (nSPS) is 10.9. The van der Waals surface area contributed by atoms with Gasteiger partial charge in [-0.25, -0.2) is 18.7 Å². The quantitative estimate of drug-likeness (QED) is 0.0912. The maximum atomic E-state index is 11.9. The minimum Gasteiger partial charge on any atom is -0.494 e. The molecule has 40 heavy (non-hydrogen) atoms. The van der Waals surface area contributed by atoms with Gasteiger partial charge in [0.2, 0.25) is 0 Å². The number of carboxylic acids is 2. The molecule has 0 aliphatic carbocycles. The lowest BCUT2D eigenvalue weighted by atomic mass is 10.1. The van der Waals surface area contributed by atoms with Gasteiger partial charge >= 0.3 is 23.3 Å². The van der Waals surface area contributed by atoms with Gasteiger partial charge in [0.1, 0.15) is 22.5 Å². The molecule has 2 aromatic heterocycles. The van der Waals surface area contributed by atoms with Gasteiger partial charge in [0, 0.05) is 34.1 Å². The summed E-state index contributed by atoms with van der Waals surface area (Å²) in [6.07, 6.45) is 0. The van der Waals surface area contributed by atoms with Crippen LogP contribution >= 0.6 is 21.6 Å². The smallest absolute Gasteiger partial charge is 0.342 e. The molecule has 2 heterocycles. The predicted octanol–water partition coefficient (Wildman–Crippen LogP) is 4.10. The van der Waals surface area contributed by atoms with Crippen molar-refractivity contribution >= 4 is 44.9 Å². The molecule has 0 saturated heterocycles. The molecule has 4 rings (SSSR count). The predicted molar refractivity (Wildman–Crippen MR) is 137 cm³/mol. The zero-order chi connectivity index (χ0) is 29.5. The van der Waals surface area contributed by atoms with Crippen LogP contribution in [-0.4, -0.2) is 61.6 Å². The number of rotatable bonds is 9. The third-order valence-electron chi connectivity index (χ3n) is 5.35. The summed E-state index contributed by atoms with van der Waals surface area (Å²) < 4.78 is 1.28. The molecule has 0 bridgehead atoms. The second-order valence-corrected chi connectivity index (χ2v) is 10.0. The average molecular weight is 591 g/mol. The van der Waals surface area contributed by atoms with E-state index in [1.54, 1.807) is 0 Å².